The first-order valence-electron chi connectivity index (χ1n) is 15.6. The fourth-order valence-corrected chi connectivity index (χ4v) is 6.24. The Bertz CT molecular complexity index is 2300. The van der Waals surface area contributed by atoms with Crippen LogP contribution in [0.1, 0.15) is 50.1 Å². The van der Waals surface area contributed by atoms with Gasteiger partial charge in [0.15, 0.2) is 0 Å². The summed E-state index contributed by atoms with van der Waals surface area (Å²) in [5.74, 6) is -0.533. The number of furan rings is 1. The third-order valence-electron chi connectivity index (χ3n) is 8.45. The number of nitrogens with one attached hydrogen (secondary N) is 2. The van der Waals surface area contributed by atoms with Gasteiger partial charge in [0.2, 0.25) is 0 Å². The molecule has 0 aliphatic heterocycles. The molecule has 0 radical (unpaired) electrons. The van der Waals surface area contributed by atoms with Crippen molar-refractivity contribution in [3.8, 4) is 22.7 Å². The van der Waals surface area contributed by atoms with Crippen LogP contribution in [0, 0.1) is 13.8 Å². The molecule has 0 aliphatic rings. The highest BCUT2D eigenvalue weighted by molar-refractivity contribution is 6.31. The van der Waals surface area contributed by atoms with E-state index in [1.807, 2.05) is 92.7 Å². The third-order valence-corrected chi connectivity index (χ3v) is 8.82. The first-order valence-corrected chi connectivity index (χ1v) is 16.0. The normalized spacial score (nSPS) is 11.3. The van der Waals surface area contributed by atoms with E-state index in [1.54, 1.807) is 42.5 Å². The Morgan fingerprint density at radius 1 is 0.735 bits per heavy atom. The quantitative estimate of drug-likeness (QED) is 0.153. The maximum Gasteiger partial charge on any atom is 0.338 e. The van der Waals surface area contributed by atoms with Gasteiger partial charge in [0.05, 0.1) is 34.0 Å². The number of aromatic amines is 2. The molecule has 0 aliphatic carbocycles. The van der Waals surface area contributed by atoms with Crippen LogP contribution in [-0.4, -0.2) is 25.5 Å². The third kappa shape index (κ3) is 6.08. The molecule has 9 nitrogen and oxygen atoms in total. The monoisotopic (exact) mass is 670 g/mol. The largest absolute Gasteiger partial charge is 0.460 e. The summed E-state index contributed by atoms with van der Waals surface area (Å²) in [6, 6.07) is 36.1. The molecule has 7 rings (SSSR count). The first-order chi connectivity index (χ1) is 23.8. The molecule has 244 valence electrons. The minimum atomic E-state index is -0.861. The highest BCUT2D eigenvalue weighted by Crippen LogP contribution is 2.36. The molecule has 0 amide bonds. The van der Waals surface area contributed by atoms with Crippen LogP contribution < -0.4 is 11.1 Å². The van der Waals surface area contributed by atoms with Crippen LogP contribution in [-0.2, 0) is 11.3 Å². The fourth-order valence-electron chi connectivity index (χ4n) is 6.05. The molecule has 0 saturated carbocycles. The van der Waals surface area contributed by atoms with E-state index in [9.17, 15) is 14.4 Å². The Hall–Kier alpha value is -6.06. The van der Waals surface area contributed by atoms with Crippen LogP contribution >= 0.6 is 11.6 Å². The molecule has 49 heavy (non-hydrogen) atoms. The van der Waals surface area contributed by atoms with Crippen molar-refractivity contribution in [3.63, 3.8) is 0 Å². The Morgan fingerprint density at radius 3 is 1.90 bits per heavy atom. The van der Waals surface area contributed by atoms with Crippen LogP contribution in [0.4, 0.5) is 0 Å². The lowest BCUT2D eigenvalue weighted by molar-refractivity contribution is 0.0473. The number of carbonyl (C=O) groups excluding carboxylic acids is 1. The van der Waals surface area contributed by atoms with Crippen LogP contribution in [0.25, 0.3) is 22.7 Å². The van der Waals surface area contributed by atoms with Crippen molar-refractivity contribution in [1.29, 1.82) is 0 Å². The molecule has 7 aromatic rings. The number of ether oxygens (including phenoxy) is 1. The number of carbonyl (C=O) groups is 1. The van der Waals surface area contributed by atoms with E-state index in [0.717, 1.165) is 0 Å². The zero-order valence-electron chi connectivity index (χ0n) is 26.6. The molecule has 3 heterocycles. The van der Waals surface area contributed by atoms with Gasteiger partial charge in [0.25, 0.3) is 11.1 Å². The van der Waals surface area contributed by atoms with Gasteiger partial charge < -0.3 is 9.15 Å². The smallest absolute Gasteiger partial charge is 0.338 e. The highest BCUT2D eigenvalue weighted by Gasteiger charge is 2.33. The van der Waals surface area contributed by atoms with Gasteiger partial charge in [-0.3, -0.25) is 19.8 Å². The standard InChI is InChI=1S/C39H31ClN4O5/c1-24-34(37(45)43(41-24)29-15-5-3-6-16-29)36(35-25(2)42-44(38(35)46)30-17-7-4-8-18-30)33-21-20-32(49-33)26-13-11-14-27(22-26)39(47)48-23-28-12-9-10-19-31(28)40/h3-22,36,41-42H,23H2,1-2H3. The molecule has 0 spiro atoms. The number of hydrogen-bond donors (Lipinski definition) is 2. The van der Waals surface area contributed by atoms with Crippen molar-refractivity contribution in [2.75, 3.05) is 0 Å². The van der Waals surface area contributed by atoms with Crippen molar-refractivity contribution in [3.05, 3.63) is 186 Å². The number of hydrogen-bond acceptors (Lipinski definition) is 5. The highest BCUT2D eigenvalue weighted by atomic mass is 35.5. The predicted molar refractivity (Wildman–Crippen MR) is 188 cm³/mol. The van der Waals surface area contributed by atoms with E-state index in [1.165, 1.54) is 9.36 Å². The van der Waals surface area contributed by atoms with Crippen LogP contribution in [0.15, 0.2) is 135 Å². The number of aryl methyl sites for hydroxylation is 2. The lowest BCUT2D eigenvalue weighted by Gasteiger charge is -2.13. The minimum absolute atomic E-state index is 0.0301. The number of aromatic nitrogens is 4. The summed E-state index contributed by atoms with van der Waals surface area (Å²) in [5.41, 5.74) is 4.30. The van der Waals surface area contributed by atoms with E-state index < -0.39 is 11.9 Å². The molecular formula is C39H31ClN4O5. The summed E-state index contributed by atoms with van der Waals surface area (Å²) in [7, 11) is 0. The second kappa shape index (κ2) is 13.2. The summed E-state index contributed by atoms with van der Waals surface area (Å²) >= 11 is 6.23. The summed E-state index contributed by atoms with van der Waals surface area (Å²) in [6.07, 6.45) is 0. The molecule has 10 heteroatoms. The Balaban J connectivity index is 1.30. The van der Waals surface area contributed by atoms with Crippen LogP contribution in [0.5, 0.6) is 0 Å². The summed E-state index contributed by atoms with van der Waals surface area (Å²) < 4.78 is 15.0. The summed E-state index contributed by atoms with van der Waals surface area (Å²) in [6.45, 7) is 3.65. The van der Waals surface area contributed by atoms with Crippen molar-refractivity contribution in [2.45, 2.75) is 26.4 Å². The second-order valence-electron chi connectivity index (χ2n) is 11.6. The maximum atomic E-state index is 14.2. The SMILES string of the molecule is Cc1[nH]n(-c2ccccc2)c(=O)c1C(c1ccc(-c2cccc(C(=O)OCc3ccccc3Cl)c2)o1)c1c(C)[nH]n(-c2ccccc2)c1=O. The van der Waals surface area contributed by atoms with Gasteiger partial charge in [0.1, 0.15) is 18.1 Å². The zero-order valence-corrected chi connectivity index (χ0v) is 27.4. The van der Waals surface area contributed by atoms with Gasteiger partial charge in [0, 0.05) is 27.5 Å². The Labute approximate surface area is 286 Å². The summed E-state index contributed by atoms with van der Waals surface area (Å²) in [4.78, 5) is 41.3. The van der Waals surface area contributed by atoms with E-state index in [0.29, 0.717) is 67.1 Å². The van der Waals surface area contributed by atoms with Crippen LogP contribution in [0.3, 0.4) is 0 Å². The fraction of sp³-hybridized carbons (Fsp3) is 0.103. The van der Waals surface area contributed by atoms with Gasteiger partial charge in [-0.2, -0.15) is 0 Å². The van der Waals surface area contributed by atoms with Crippen molar-refractivity contribution in [2.24, 2.45) is 0 Å². The Morgan fingerprint density at radius 2 is 1.31 bits per heavy atom. The van der Waals surface area contributed by atoms with Gasteiger partial charge in [-0.15, -0.1) is 0 Å². The molecule has 4 aromatic carbocycles. The number of halogens is 1. The molecule has 2 N–H and O–H groups in total. The van der Waals surface area contributed by atoms with Crippen LogP contribution in [0.2, 0.25) is 5.02 Å². The number of esters is 1. The van der Waals surface area contributed by atoms with E-state index in [4.69, 9.17) is 20.8 Å². The molecule has 0 atom stereocenters. The van der Waals surface area contributed by atoms with Crippen molar-refractivity contribution < 1.29 is 13.9 Å². The average molecular weight is 671 g/mol. The topological polar surface area (TPSA) is 115 Å². The molecule has 0 unspecified atom stereocenters. The molecule has 0 bridgehead atoms. The van der Waals surface area contributed by atoms with Gasteiger partial charge >= 0.3 is 5.97 Å². The number of nitrogens with zero attached hydrogens (tertiary/aromatic N) is 2. The molecule has 0 fully saturated rings. The lowest BCUT2D eigenvalue weighted by Crippen LogP contribution is -2.25. The van der Waals surface area contributed by atoms with Crippen molar-refractivity contribution in [1.82, 2.24) is 19.6 Å². The average Bonchev–Trinajstić information content (AvgIpc) is 3.82. The maximum absolute atomic E-state index is 14.2. The van der Waals surface area contributed by atoms with Crippen molar-refractivity contribution >= 4 is 17.6 Å². The van der Waals surface area contributed by atoms with Gasteiger partial charge in [-0.25, -0.2) is 14.2 Å². The minimum Gasteiger partial charge on any atom is -0.460 e. The van der Waals surface area contributed by atoms with Gasteiger partial charge in [-0.05, 0) is 68.4 Å². The zero-order chi connectivity index (χ0) is 34.1. The number of benzene rings is 4. The molecule has 3 aromatic heterocycles. The number of para-hydroxylation sites is 2. The first kappa shape index (κ1) is 31.5. The molecule has 0 saturated heterocycles. The van der Waals surface area contributed by atoms with E-state index in [-0.39, 0.29) is 17.7 Å². The van der Waals surface area contributed by atoms with Gasteiger partial charge in [-0.1, -0.05) is 78.3 Å². The molecular weight excluding hydrogens is 640 g/mol. The predicted octanol–water partition coefficient (Wildman–Crippen LogP) is 7.71. The van der Waals surface area contributed by atoms with E-state index >= 15 is 0 Å². The second-order valence-corrected chi connectivity index (χ2v) is 12.0. The Kier molecular flexibility index (Phi) is 8.50. The number of H-pyrrole nitrogens is 2. The lowest BCUT2D eigenvalue weighted by atomic mass is 9.89. The van der Waals surface area contributed by atoms with E-state index in [2.05, 4.69) is 10.2 Å². The summed E-state index contributed by atoms with van der Waals surface area (Å²) in [5, 5.41) is 6.91. The number of rotatable bonds is 9.